The molecule has 4 N–H and O–H groups in total. The zero-order valence-electron chi connectivity index (χ0n) is 6.81. The summed E-state index contributed by atoms with van der Waals surface area (Å²) >= 11 is 3.34. The molecule has 0 bridgehead atoms. The van der Waals surface area contributed by atoms with E-state index in [0.717, 1.165) is 10.0 Å². The molecule has 0 aliphatic carbocycles. The number of halogens is 1. The summed E-state index contributed by atoms with van der Waals surface area (Å²) < 4.78 is 0.987. The molecule has 5 heteroatoms. The summed E-state index contributed by atoms with van der Waals surface area (Å²) in [6, 6.07) is 7.64. The van der Waals surface area contributed by atoms with Crippen LogP contribution in [-0.2, 0) is 0 Å². The molecule has 0 aliphatic heterocycles. The normalized spacial score (nSPS) is 10.2. The topological polar surface area (TPSA) is 76.8 Å². The van der Waals surface area contributed by atoms with Crippen LogP contribution in [0.3, 0.4) is 0 Å². The van der Waals surface area contributed by atoms with Gasteiger partial charge in [0, 0.05) is 4.47 Å². The number of hydrogen-bond donors (Lipinski definition) is 2. The lowest BCUT2D eigenvalue weighted by Crippen LogP contribution is -2.21. The van der Waals surface area contributed by atoms with Crippen LogP contribution < -0.4 is 11.5 Å². The molecule has 0 amide bonds. The first-order chi connectivity index (χ1) is 6.18. The maximum atomic E-state index is 5.09. The molecule has 0 heterocycles. The first-order valence-corrected chi connectivity index (χ1v) is 4.35. The summed E-state index contributed by atoms with van der Waals surface area (Å²) in [4.78, 5) is 0. The van der Waals surface area contributed by atoms with Crippen LogP contribution in [0.5, 0.6) is 0 Å². The molecule has 68 valence electrons. The molecule has 0 radical (unpaired) electrons. The molecule has 1 aromatic rings. The smallest absolute Gasteiger partial charge is 0.211 e. The van der Waals surface area contributed by atoms with Crippen molar-refractivity contribution in [3.05, 3.63) is 34.3 Å². The Bertz CT molecular complexity index is 342. The molecule has 0 saturated carbocycles. The number of benzene rings is 1. The van der Waals surface area contributed by atoms with Crippen LogP contribution in [0, 0.1) is 0 Å². The molecule has 0 aromatic heterocycles. The second-order valence-electron chi connectivity index (χ2n) is 2.32. The zero-order chi connectivity index (χ0) is 9.68. The number of rotatable bonds is 2. The molecule has 4 nitrogen and oxygen atoms in total. The van der Waals surface area contributed by atoms with Gasteiger partial charge in [0.1, 0.15) is 0 Å². The molecular weight excluding hydrogens is 232 g/mol. The third-order valence-electron chi connectivity index (χ3n) is 1.23. The van der Waals surface area contributed by atoms with Crippen LogP contribution in [-0.4, -0.2) is 12.2 Å². The van der Waals surface area contributed by atoms with Crippen LogP contribution in [0.15, 0.2) is 38.9 Å². The monoisotopic (exact) mass is 240 g/mol. The average Bonchev–Trinajstić information content (AvgIpc) is 2.03. The largest absolute Gasteiger partial charge is 0.369 e. The number of hydrogen-bond acceptors (Lipinski definition) is 2. The fraction of sp³-hybridized carbons (Fsp3) is 0. The van der Waals surface area contributed by atoms with Crippen molar-refractivity contribution in [3.63, 3.8) is 0 Å². The van der Waals surface area contributed by atoms with Crippen molar-refractivity contribution in [1.29, 1.82) is 0 Å². The van der Waals surface area contributed by atoms with Gasteiger partial charge in [0.2, 0.25) is 5.96 Å². The second-order valence-corrected chi connectivity index (χ2v) is 3.24. The summed E-state index contributed by atoms with van der Waals surface area (Å²) in [5.41, 5.74) is 11.1. The van der Waals surface area contributed by atoms with E-state index in [1.807, 2.05) is 24.3 Å². The Kier molecular flexibility index (Phi) is 3.45. The van der Waals surface area contributed by atoms with E-state index in [1.165, 1.54) is 0 Å². The molecule has 0 spiro atoms. The van der Waals surface area contributed by atoms with Crippen LogP contribution in [0.2, 0.25) is 0 Å². The molecule has 0 saturated heterocycles. The van der Waals surface area contributed by atoms with Gasteiger partial charge in [-0.25, -0.2) is 0 Å². The Hall–Kier alpha value is -1.36. The third-order valence-corrected chi connectivity index (χ3v) is 1.72. The lowest BCUT2D eigenvalue weighted by Gasteiger charge is -1.91. The van der Waals surface area contributed by atoms with Gasteiger partial charge >= 0.3 is 0 Å². The van der Waals surface area contributed by atoms with Gasteiger partial charge in [-0.2, -0.15) is 5.10 Å². The molecule has 0 fully saturated rings. The highest BCUT2D eigenvalue weighted by Crippen LogP contribution is 2.09. The predicted molar refractivity (Wildman–Crippen MR) is 57.5 cm³/mol. The molecular formula is C8H9BrN4. The Labute approximate surface area is 84.5 Å². The quantitative estimate of drug-likeness (QED) is 0.461. The molecule has 0 atom stereocenters. The molecule has 13 heavy (non-hydrogen) atoms. The molecule has 1 aromatic carbocycles. The van der Waals surface area contributed by atoms with Crippen molar-refractivity contribution in [3.8, 4) is 0 Å². The first-order valence-electron chi connectivity index (χ1n) is 3.56. The van der Waals surface area contributed by atoms with Gasteiger partial charge < -0.3 is 11.5 Å². The zero-order valence-corrected chi connectivity index (χ0v) is 8.40. The first kappa shape index (κ1) is 9.73. The average molecular weight is 241 g/mol. The maximum Gasteiger partial charge on any atom is 0.211 e. The van der Waals surface area contributed by atoms with E-state index in [9.17, 15) is 0 Å². The van der Waals surface area contributed by atoms with Gasteiger partial charge in [0.05, 0.1) is 6.21 Å². The van der Waals surface area contributed by atoms with E-state index in [4.69, 9.17) is 11.5 Å². The lowest BCUT2D eigenvalue weighted by atomic mass is 10.2. The van der Waals surface area contributed by atoms with E-state index in [2.05, 4.69) is 26.1 Å². The second kappa shape index (κ2) is 4.61. The highest BCUT2D eigenvalue weighted by atomic mass is 79.9. The van der Waals surface area contributed by atoms with E-state index in [-0.39, 0.29) is 5.96 Å². The van der Waals surface area contributed by atoms with Crippen LogP contribution in [0.1, 0.15) is 5.56 Å². The molecule has 0 aliphatic rings. The molecule has 0 unspecified atom stereocenters. The standard InChI is InChI=1S/C8H9BrN4/c9-7-3-1-2-6(4-7)5-12-13-8(10)11/h1-5H,(H4,10,11,13)/b12-5-. The molecule has 1 rings (SSSR count). The Balaban J connectivity index is 2.75. The fourth-order valence-corrected chi connectivity index (χ4v) is 1.17. The highest BCUT2D eigenvalue weighted by molar-refractivity contribution is 9.10. The van der Waals surface area contributed by atoms with Gasteiger partial charge in [0.25, 0.3) is 0 Å². The van der Waals surface area contributed by atoms with Crippen LogP contribution >= 0.6 is 15.9 Å². The minimum Gasteiger partial charge on any atom is -0.369 e. The predicted octanol–water partition coefficient (Wildman–Crippen LogP) is 1.06. The highest BCUT2D eigenvalue weighted by Gasteiger charge is 1.88. The summed E-state index contributed by atoms with van der Waals surface area (Å²) in [6.45, 7) is 0. The summed E-state index contributed by atoms with van der Waals surface area (Å²) in [7, 11) is 0. The SMILES string of the molecule is NC(N)=N/N=C\c1cccc(Br)c1. The minimum atomic E-state index is -0.0498. The van der Waals surface area contributed by atoms with Crippen LogP contribution in [0.4, 0.5) is 0 Å². The van der Waals surface area contributed by atoms with Crippen molar-refractivity contribution in [2.45, 2.75) is 0 Å². The van der Waals surface area contributed by atoms with Gasteiger partial charge in [-0.1, -0.05) is 28.1 Å². The van der Waals surface area contributed by atoms with Crippen molar-refractivity contribution in [1.82, 2.24) is 0 Å². The fourth-order valence-electron chi connectivity index (χ4n) is 0.749. The van der Waals surface area contributed by atoms with Gasteiger partial charge in [0.15, 0.2) is 0 Å². The number of guanidine groups is 1. The van der Waals surface area contributed by atoms with Gasteiger partial charge in [-0.05, 0) is 17.7 Å². The van der Waals surface area contributed by atoms with E-state index in [0.29, 0.717) is 0 Å². The number of nitrogens with two attached hydrogens (primary N) is 2. The van der Waals surface area contributed by atoms with Crippen molar-refractivity contribution >= 4 is 28.1 Å². The van der Waals surface area contributed by atoms with Gasteiger partial charge in [-0.3, -0.25) is 0 Å². The Morgan fingerprint density at radius 1 is 1.38 bits per heavy atom. The Morgan fingerprint density at radius 2 is 2.15 bits per heavy atom. The van der Waals surface area contributed by atoms with E-state index in [1.54, 1.807) is 6.21 Å². The van der Waals surface area contributed by atoms with Gasteiger partial charge in [-0.15, -0.1) is 5.10 Å². The van der Waals surface area contributed by atoms with Crippen molar-refractivity contribution < 1.29 is 0 Å². The summed E-state index contributed by atoms with van der Waals surface area (Å²) in [5.74, 6) is -0.0498. The summed E-state index contributed by atoms with van der Waals surface area (Å²) in [5, 5.41) is 7.15. The maximum absolute atomic E-state index is 5.09. The third kappa shape index (κ3) is 3.71. The lowest BCUT2D eigenvalue weighted by molar-refractivity contribution is 1.21. The minimum absolute atomic E-state index is 0.0498. The van der Waals surface area contributed by atoms with E-state index >= 15 is 0 Å². The van der Waals surface area contributed by atoms with Crippen LogP contribution in [0.25, 0.3) is 0 Å². The van der Waals surface area contributed by atoms with Crippen molar-refractivity contribution in [2.24, 2.45) is 21.7 Å². The van der Waals surface area contributed by atoms with Crippen molar-refractivity contribution in [2.75, 3.05) is 0 Å². The van der Waals surface area contributed by atoms with E-state index < -0.39 is 0 Å². The Morgan fingerprint density at radius 3 is 2.77 bits per heavy atom. The summed E-state index contributed by atoms with van der Waals surface area (Å²) in [6.07, 6.45) is 1.57. The number of nitrogens with zero attached hydrogens (tertiary/aromatic N) is 2.